The first-order valence-corrected chi connectivity index (χ1v) is 9.71. The number of aliphatic carboxylic acids is 1. The van der Waals surface area contributed by atoms with E-state index in [1.165, 1.54) is 0 Å². The van der Waals surface area contributed by atoms with E-state index in [9.17, 15) is 19.2 Å². The van der Waals surface area contributed by atoms with Gasteiger partial charge in [-0.25, -0.2) is 25.0 Å². The zero-order valence-electron chi connectivity index (χ0n) is 16.9. The first-order valence-electron chi connectivity index (χ1n) is 9.71. The van der Waals surface area contributed by atoms with Crippen LogP contribution in [0.5, 0.6) is 0 Å². The molecule has 0 unspecified atom stereocenters. The number of ether oxygens (including phenoxy) is 1. The van der Waals surface area contributed by atoms with Gasteiger partial charge in [0.1, 0.15) is 24.4 Å². The number of carbonyl (C=O) groups is 4. The summed E-state index contributed by atoms with van der Waals surface area (Å²) >= 11 is 0. The number of amides is 3. The lowest BCUT2D eigenvalue weighted by atomic mass is 9.98. The SMILES string of the molecule is O=C(NNC(=O)c1cc(NC(=O)C(=O)O)ncn1)OCC1c2ccccc2-c2ccccc21. The lowest BCUT2D eigenvalue weighted by molar-refractivity contribution is -0.147. The monoisotopic (exact) mass is 447 g/mol. The Labute approximate surface area is 186 Å². The highest BCUT2D eigenvalue weighted by Gasteiger charge is 2.29. The van der Waals surface area contributed by atoms with Gasteiger partial charge in [0.25, 0.3) is 5.91 Å². The number of anilines is 1. The Kier molecular flexibility index (Phi) is 5.94. The quantitative estimate of drug-likeness (QED) is 0.347. The van der Waals surface area contributed by atoms with E-state index in [4.69, 9.17) is 9.84 Å². The summed E-state index contributed by atoms with van der Waals surface area (Å²) in [5, 5.41) is 10.6. The minimum atomic E-state index is -1.71. The van der Waals surface area contributed by atoms with Gasteiger partial charge < -0.3 is 15.2 Å². The average Bonchev–Trinajstić information content (AvgIpc) is 3.15. The first kappa shape index (κ1) is 21.4. The molecule has 4 N–H and O–H groups in total. The maximum absolute atomic E-state index is 12.2. The van der Waals surface area contributed by atoms with Gasteiger partial charge in [0.2, 0.25) is 0 Å². The topological polar surface area (TPSA) is 160 Å². The summed E-state index contributed by atoms with van der Waals surface area (Å²) < 4.78 is 5.31. The fourth-order valence-corrected chi connectivity index (χ4v) is 3.53. The summed E-state index contributed by atoms with van der Waals surface area (Å²) in [5.41, 5.74) is 8.32. The van der Waals surface area contributed by atoms with Crippen LogP contribution in [-0.4, -0.2) is 45.6 Å². The van der Waals surface area contributed by atoms with E-state index >= 15 is 0 Å². The van der Waals surface area contributed by atoms with Gasteiger partial charge in [-0.1, -0.05) is 48.5 Å². The number of aromatic nitrogens is 2. The van der Waals surface area contributed by atoms with Crippen LogP contribution < -0.4 is 16.2 Å². The molecule has 0 atom stereocenters. The number of carboxylic acids is 1. The summed E-state index contributed by atoms with van der Waals surface area (Å²) in [4.78, 5) is 53.5. The molecule has 11 nitrogen and oxygen atoms in total. The number of benzene rings is 2. The van der Waals surface area contributed by atoms with Crippen LogP contribution in [0.15, 0.2) is 60.9 Å². The molecular formula is C22H17N5O6. The third-order valence-corrected chi connectivity index (χ3v) is 4.96. The van der Waals surface area contributed by atoms with Crippen molar-refractivity contribution in [2.24, 2.45) is 0 Å². The van der Waals surface area contributed by atoms with Crippen LogP contribution in [0.25, 0.3) is 11.1 Å². The molecule has 1 heterocycles. The molecule has 1 aliphatic carbocycles. The van der Waals surface area contributed by atoms with E-state index in [1.54, 1.807) is 0 Å². The Balaban J connectivity index is 1.34. The lowest BCUT2D eigenvalue weighted by Gasteiger charge is -2.14. The highest BCUT2D eigenvalue weighted by Crippen LogP contribution is 2.44. The van der Waals surface area contributed by atoms with Crippen LogP contribution in [0, 0.1) is 0 Å². The van der Waals surface area contributed by atoms with Crippen LogP contribution in [-0.2, 0) is 14.3 Å². The van der Waals surface area contributed by atoms with Crippen molar-refractivity contribution in [1.82, 2.24) is 20.8 Å². The number of carbonyl (C=O) groups excluding carboxylic acids is 3. The van der Waals surface area contributed by atoms with Crippen molar-refractivity contribution < 1.29 is 29.0 Å². The van der Waals surface area contributed by atoms with Crippen molar-refractivity contribution in [3.63, 3.8) is 0 Å². The number of fused-ring (bicyclic) bond motifs is 3. The standard InChI is InChI=1S/C22H17N5O6/c28-19(17-9-18(24-11-23-17)25-20(29)21(30)31)26-27-22(32)33-10-16-14-7-3-1-5-12(14)13-6-2-4-8-15(13)16/h1-9,11,16H,10H2,(H,26,28)(H,27,32)(H,30,31)(H,23,24,25,29). The van der Waals surface area contributed by atoms with Gasteiger partial charge in [-0.3, -0.25) is 15.0 Å². The number of hydrazine groups is 1. The van der Waals surface area contributed by atoms with Gasteiger partial charge in [-0.2, -0.15) is 0 Å². The molecule has 11 heteroatoms. The van der Waals surface area contributed by atoms with E-state index < -0.39 is 23.9 Å². The fourth-order valence-electron chi connectivity index (χ4n) is 3.53. The van der Waals surface area contributed by atoms with E-state index in [0.29, 0.717) is 0 Å². The third kappa shape index (κ3) is 4.61. The second kappa shape index (κ2) is 9.14. The highest BCUT2D eigenvalue weighted by atomic mass is 16.6. The van der Waals surface area contributed by atoms with Crippen LogP contribution >= 0.6 is 0 Å². The molecule has 3 aromatic rings. The van der Waals surface area contributed by atoms with Crippen LogP contribution in [0.4, 0.5) is 10.6 Å². The van der Waals surface area contributed by atoms with Gasteiger partial charge in [-0.15, -0.1) is 0 Å². The van der Waals surface area contributed by atoms with Crippen molar-refractivity contribution in [2.45, 2.75) is 5.92 Å². The Hall–Kier alpha value is -4.80. The molecule has 3 amide bonds. The Bertz CT molecular complexity index is 1220. The number of nitrogens with one attached hydrogen (secondary N) is 3. The molecule has 0 saturated heterocycles. The Morgan fingerprint density at radius 1 is 0.909 bits per heavy atom. The van der Waals surface area contributed by atoms with Crippen molar-refractivity contribution in [3.05, 3.63) is 77.7 Å². The molecule has 0 spiro atoms. The molecule has 166 valence electrons. The predicted octanol–water partition coefficient (Wildman–Crippen LogP) is 1.68. The Morgan fingerprint density at radius 2 is 1.55 bits per heavy atom. The lowest BCUT2D eigenvalue weighted by Crippen LogP contribution is -2.42. The molecular weight excluding hydrogens is 430 g/mol. The molecule has 0 aliphatic heterocycles. The van der Waals surface area contributed by atoms with E-state index in [1.807, 2.05) is 53.8 Å². The van der Waals surface area contributed by atoms with Crippen LogP contribution in [0.2, 0.25) is 0 Å². The zero-order chi connectivity index (χ0) is 23.4. The van der Waals surface area contributed by atoms with E-state index in [0.717, 1.165) is 34.6 Å². The van der Waals surface area contributed by atoms with Gasteiger partial charge in [-0.05, 0) is 22.3 Å². The Morgan fingerprint density at radius 3 is 2.18 bits per heavy atom. The van der Waals surface area contributed by atoms with Gasteiger partial charge in [0, 0.05) is 12.0 Å². The van der Waals surface area contributed by atoms with Crippen molar-refractivity contribution in [2.75, 3.05) is 11.9 Å². The number of rotatable bonds is 4. The first-order chi connectivity index (χ1) is 15.9. The minimum absolute atomic E-state index is 0.0641. The maximum Gasteiger partial charge on any atom is 0.426 e. The molecule has 33 heavy (non-hydrogen) atoms. The van der Waals surface area contributed by atoms with Crippen LogP contribution in [0.1, 0.15) is 27.5 Å². The molecule has 1 aliphatic rings. The second-order valence-electron chi connectivity index (χ2n) is 6.95. The summed E-state index contributed by atoms with van der Waals surface area (Å²) in [6.07, 6.45) is 0.0818. The maximum atomic E-state index is 12.2. The smallest absolute Gasteiger partial charge is 0.426 e. The largest absolute Gasteiger partial charge is 0.474 e. The zero-order valence-corrected chi connectivity index (χ0v) is 16.9. The number of carboxylic acid groups (broad SMARTS) is 1. The van der Waals surface area contributed by atoms with Gasteiger partial charge in [0.05, 0.1) is 0 Å². The number of nitrogens with zero attached hydrogens (tertiary/aromatic N) is 2. The molecule has 2 aromatic carbocycles. The molecule has 0 radical (unpaired) electrons. The second-order valence-corrected chi connectivity index (χ2v) is 6.95. The summed E-state index contributed by atoms with van der Waals surface area (Å²) in [6, 6.07) is 16.8. The normalized spacial score (nSPS) is 11.6. The number of hydrogen-bond donors (Lipinski definition) is 4. The van der Waals surface area contributed by atoms with Crippen LogP contribution in [0.3, 0.4) is 0 Å². The van der Waals surface area contributed by atoms with Gasteiger partial charge >= 0.3 is 18.0 Å². The summed E-state index contributed by atoms with van der Waals surface area (Å²) in [5.74, 6) is -4.19. The molecule has 0 saturated carbocycles. The van der Waals surface area contributed by atoms with E-state index in [-0.39, 0.29) is 24.0 Å². The van der Waals surface area contributed by atoms with Crippen molar-refractivity contribution >= 4 is 29.7 Å². The molecule has 1 aromatic heterocycles. The fraction of sp³-hybridized carbons (Fsp3) is 0.0909. The molecule has 4 rings (SSSR count). The average molecular weight is 447 g/mol. The van der Waals surface area contributed by atoms with Crippen molar-refractivity contribution in [1.29, 1.82) is 0 Å². The van der Waals surface area contributed by atoms with Crippen molar-refractivity contribution in [3.8, 4) is 11.1 Å². The molecule has 0 fully saturated rings. The number of hydrogen-bond acceptors (Lipinski definition) is 7. The molecule has 0 bridgehead atoms. The van der Waals surface area contributed by atoms with E-state index in [2.05, 4.69) is 20.8 Å². The predicted molar refractivity (Wildman–Crippen MR) is 114 cm³/mol. The minimum Gasteiger partial charge on any atom is -0.474 e. The highest BCUT2D eigenvalue weighted by molar-refractivity contribution is 6.36. The van der Waals surface area contributed by atoms with Gasteiger partial charge in [0.15, 0.2) is 0 Å². The summed E-state index contributed by atoms with van der Waals surface area (Å²) in [6.45, 7) is 0.0641. The third-order valence-electron chi connectivity index (χ3n) is 4.96. The summed E-state index contributed by atoms with van der Waals surface area (Å²) in [7, 11) is 0.